The first kappa shape index (κ1) is 15.6. The van der Waals surface area contributed by atoms with E-state index in [1.165, 1.54) is 0 Å². The first-order valence-electron chi connectivity index (χ1n) is 8.44. The monoisotopic (exact) mass is 325 g/mol. The second-order valence-electron chi connectivity index (χ2n) is 6.26. The number of hydrogen-bond donors (Lipinski definition) is 1. The maximum atomic E-state index is 11.6. The average molecular weight is 325 g/mol. The summed E-state index contributed by atoms with van der Waals surface area (Å²) in [6.07, 6.45) is 0.422. The van der Waals surface area contributed by atoms with E-state index < -0.39 is 5.60 Å². The molecule has 1 N–H and O–H groups in total. The molecule has 0 atom stereocenters. The van der Waals surface area contributed by atoms with Gasteiger partial charge in [0.2, 0.25) is 0 Å². The molecule has 1 aromatic heterocycles. The molecule has 25 heavy (non-hydrogen) atoms. The van der Waals surface area contributed by atoms with Gasteiger partial charge in [-0.05, 0) is 23.3 Å². The molecule has 0 saturated heterocycles. The first-order chi connectivity index (χ1) is 12.3. The van der Waals surface area contributed by atoms with Gasteiger partial charge in [0.1, 0.15) is 5.60 Å². The van der Waals surface area contributed by atoms with Gasteiger partial charge in [-0.2, -0.15) is 0 Å². The van der Waals surface area contributed by atoms with Crippen LogP contribution in [0, 0.1) is 0 Å². The summed E-state index contributed by atoms with van der Waals surface area (Å²) in [5, 5.41) is 12.7. The Hall–Kier alpha value is -2.97. The second kappa shape index (κ2) is 6.50. The molecule has 2 nitrogen and oxygen atoms in total. The molecule has 0 aliphatic rings. The summed E-state index contributed by atoms with van der Waals surface area (Å²) in [6.45, 7) is 0. The molecule has 0 aliphatic heterocycles. The summed E-state index contributed by atoms with van der Waals surface area (Å²) in [5.74, 6) is 0. The third kappa shape index (κ3) is 3.04. The third-order valence-corrected chi connectivity index (χ3v) is 4.60. The predicted octanol–water partition coefficient (Wildman–Crippen LogP) is 4.71. The number of para-hydroxylation sites is 1. The molecule has 0 unspecified atom stereocenters. The zero-order valence-corrected chi connectivity index (χ0v) is 13.8. The number of benzene rings is 3. The van der Waals surface area contributed by atoms with Gasteiger partial charge >= 0.3 is 0 Å². The van der Waals surface area contributed by atoms with Crippen LogP contribution in [0.4, 0.5) is 0 Å². The Morgan fingerprint density at radius 1 is 0.640 bits per heavy atom. The predicted molar refractivity (Wildman–Crippen MR) is 101 cm³/mol. The molecular weight excluding hydrogens is 306 g/mol. The van der Waals surface area contributed by atoms with E-state index in [1.54, 1.807) is 0 Å². The molecule has 0 bridgehead atoms. The molecular formula is C23H19NO. The summed E-state index contributed by atoms with van der Waals surface area (Å²) >= 11 is 0. The number of hydrogen-bond acceptors (Lipinski definition) is 2. The largest absolute Gasteiger partial charge is 0.380 e. The highest BCUT2D eigenvalue weighted by molar-refractivity contribution is 5.78. The van der Waals surface area contributed by atoms with Gasteiger partial charge < -0.3 is 5.11 Å². The molecule has 3 aromatic carbocycles. The lowest BCUT2D eigenvalue weighted by molar-refractivity contribution is 0.0801. The fourth-order valence-electron chi connectivity index (χ4n) is 3.27. The van der Waals surface area contributed by atoms with E-state index in [9.17, 15) is 5.11 Å². The van der Waals surface area contributed by atoms with Crippen LogP contribution in [0.1, 0.15) is 16.8 Å². The number of rotatable bonds is 4. The molecule has 0 fully saturated rings. The topological polar surface area (TPSA) is 33.1 Å². The molecule has 0 saturated carbocycles. The first-order valence-corrected chi connectivity index (χ1v) is 8.44. The quantitative estimate of drug-likeness (QED) is 0.589. The standard InChI is InChI=1S/C23H19NO/c25-23(19-10-3-1-4-11-19,20-12-5-2-6-13-20)17-21-16-15-18-9-7-8-14-22(18)24-21/h1-16,25H,17H2. The van der Waals surface area contributed by atoms with Crippen LogP contribution in [0.2, 0.25) is 0 Å². The summed E-state index contributed by atoms with van der Waals surface area (Å²) in [4.78, 5) is 4.75. The Morgan fingerprint density at radius 2 is 1.20 bits per heavy atom. The summed E-state index contributed by atoms with van der Waals surface area (Å²) in [5.41, 5.74) is 2.45. The Morgan fingerprint density at radius 3 is 1.84 bits per heavy atom. The fraction of sp³-hybridized carbons (Fsp3) is 0.0870. The van der Waals surface area contributed by atoms with Crippen molar-refractivity contribution in [2.75, 3.05) is 0 Å². The van der Waals surface area contributed by atoms with Gasteiger partial charge in [-0.25, -0.2) is 0 Å². The van der Waals surface area contributed by atoms with E-state index in [2.05, 4.69) is 6.07 Å². The van der Waals surface area contributed by atoms with Crippen molar-refractivity contribution in [3.63, 3.8) is 0 Å². The van der Waals surface area contributed by atoms with E-state index in [0.717, 1.165) is 27.7 Å². The minimum absolute atomic E-state index is 0.422. The van der Waals surface area contributed by atoms with Crippen LogP contribution in [-0.2, 0) is 12.0 Å². The number of nitrogens with zero attached hydrogens (tertiary/aromatic N) is 1. The van der Waals surface area contributed by atoms with Crippen LogP contribution in [0.15, 0.2) is 97.1 Å². The van der Waals surface area contributed by atoms with Crippen LogP contribution in [0.25, 0.3) is 10.9 Å². The highest BCUT2D eigenvalue weighted by Crippen LogP contribution is 2.33. The number of pyridine rings is 1. The van der Waals surface area contributed by atoms with Gasteiger partial charge in [-0.1, -0.05) is 84.9 Å². The number of aromatic nitrogens is 1. The molecule has 0 aliphatic carbocycles. The van der Waals surface area contributed by atoms with Crippen molar-refractivity contribution < 1.29 is 5.11 Å². The lowest BCUT2D eigenvalue weighted by Crippen LogP contribution is -2.30. The van der Waals surface area contributed by atoms with Gasteiger partial charge in [0.15, 0.2) is 0 Å². The fourth-order valence-corrected chi connectivity index (χ4v) is 3.27. The number of fused-ring (bicyclic) bond motifs is 1. The van der Waals surface area contributed by atoms with E-state index in [0.29, 0.717) is 6.42 Å². The van der Waals surface area contributed by atoms with Crippen molar-refractivity contribution in [3.05, 3.63) is 114 Å². The van der Waals surface area contributed by atoms with Gasteiger partial charge in [-0.15, -0.1) is 0 Å². The molecule has 0 amide bonds. The summed E-state index contributed by atoms with van der Waals surface area (Å²) < 4.78 is 0. The zero-order chi connectivity index (χ0) is 17.1. The summed E-state index contributed by atoms with van der Waals surface area (Å²) in [7, 11) is 0. The van der Waals surface area contributed by atoms with Crippen LogP contribution in [0.5, 0.6) is 0 Å². The van der Waals surface area contributed by atoms with Crippen molar-refractivity contribution in [1.29, 1.82) is 0 Å². The SMILES string of the molecule is OC(Cc1ccc2ccccc2n1)(c1ccccc1)c1ccccc1. The Bertz CT molecular complexity index is 941. The van der Waals surface area contributed by atoms with Crippen LogP contribution in [-0.4, -0.2) is 10.1 Å². The molecule has 122 valence electrons. The van der Waals surface area contributed by atoms with Crippen molar-refractivity contribution in [1.82, 2.24) is 4.98 Å². The molecule has 4 rings (SSSR count). The van der Waals surface area contributed by atoms with Crippen molar-refractivity contribution in [3.8, 4) is 0 Å². The van der Waals surface area contributed by atoms with E-state index in [-0.39, 0.29) is 0 Å². The summed E-state index contributed by atoms with van der Waals surface area (Å²) in [6, 6.07) is 31.7. The maximum Gasteiger partial charge on any atom is 0.120 e. The van der Waals surface area contributed by atoms with Gasteiger partial charge in [0.05, 0.1) is 5.52 Å². The maximum absolute atomic E-state index is 11.6. The third-order valence-electron chi connectivity index (χ3n) is 4.60. The molecule has 1 heterocycles. The smallest absolute Gasteiger partial charge is 0.120 e. The van der Waals surface area contributed by atoms with Crippen molar-refractivity contribution >= 4 is 10.9 Å². The van der Waals surface area contributed by atoms with Crippen LogP contribution >= 0.6 is 0 Å². The molecule has 0 radical (unpaired) electrons. The van der Waals surface area contributed by atoms with E-state index in [4.69, 9.17) is 4.98 Å². The lowest BCUT2D eigenvalue weighted by atomic mass is 9.82. The van der Waals surface area contributed by atoms with Crippen molar-refractivity contribution in [2.45, 2.75) is 12.0 Å². The highest BCUT2D eigenvalue weighted by atomic mass is 16.3. The van der Waals surface area contributed by atoms with E-state index in [1.807, 2.05) is 91.0 Å². The van der Waals surface area contributed by atoms with Gasteiger partial charge in [0.25, 0.3) is 0 Å². The number of aliphatic hydroxyl groups is 1. The Labute approximate surface area is 147 Å². The van der Waals surface area contributed by atoms with E-state index >= 15 is 0 Å². The molecule has 0 spiro atoms. The second-order valence-corrected chi connectivity index (χ2v) is 6.26. The zero-order valence-electron chi connectivity index (χ0n) is 13.8. The van der Waals surface area contributed by atoms with Crippen LogP contribution in [0.3, 0.4) is 0 Å². The molecule has 2 heteroatoms. The van der Waals surface area contributed by atoms with Gasteiger partial charge in [-0.3, -0.25) is 4.98 Å². The van der Waals surface area contributed by atoms with Crippen LogP contribution < -0.4 is 0 Å². The normalized spacial score (nSPS) is 11.6. The molecule has 4 aromatic rings. The average Bonchev–Trinajstić information content (AvgIpc) is 2.69. The lowest BCUT2D eigenvalue weighted by Gasteiger charge is -2.29. The Kier molecular flexibility index (Phi) is 4.04. The minimum atomic E-state index is -1.11. The minimum Gasteiger partial charge on any atom is -0.380 e. The van der Waals surface area contributed by atoms with Crippen molar-refractivity contribution in [2.24, 2.45) is 0 Å². The Balaban J connectivity index is 1.80. The van der Waals surface area contributed by atoms with Gasteiger partial charge in [0, 0.05) is 17.5 Å². The highest BCUT2D eigenvalue weighted by Gasteiger charge is 2.32.